The number of hydrogen-bond donors (Lipinski definition) is 1. The number of methoxy groups -OCH3 is 1. The van der Waals surface area contributed by atoms with Gasteiger partial charge in [-0.05, 0) is 62.9 Å². The van der Waals surface area contributed by atoms with Crippen LogP contribution in [-0.4, -0.2) is 55.3 Å². The second kappa shape index (κ2) is 12.5. The standard InChI is InChI=1S/C30H42N2O5/c1-7-8-11-18-36-30(25-13-10-9-12-22(25)2)20-32(21-30)27(33)26(37-28(34)31-29(3,4)5)19-23-14-16-24(35-6)17-15-23/h9-10,12-17,26H,7-8,11,18-21H2,1-6H3,(H,31,34)/t26-/m1/s1. The molecule has 1 saturated heterocycles. The largest absolute Gasteiger partial charge is 0.497 e. The fourth-order valence-corrected chi connectivity index (χ4v) is 4.59. The monoisotopic (exact) mass is 510 g/mol. The maximum atomic E-state index is 13.7. The molecule has 3 rings (SSSR count). The van der Waals surface area contributed by atoms with E-state index in [0.717, 1.165) is 41.7 Å². The summed E-state index contributed by atoms with van der Waals surface area (Å²) in [7, 11) is 1.61. The minimum atomic E-state index is -0.953. The summed E-state index contributed by atoms with van der Waals surface area (Å²) in [5, 5.41) is 2.80. The van der Waals surface area contributed by atoms with Crippen LogP contribution in [-0.2, 0) is 26.3 Å². The molecule has 0 bridgehead atoms. The molecule has 0 unspecified atom stereocenters. The second-order valence-electron chi connectivity index (χ2n) is 10.9. The molecule has 1 aliphatic heterocycles. The van der Waals surface area contributed by atoms with Gasteiger partial charge in [-0.2, -0.15) is 0 Å². The van der Waals surface area contributed by atoms with Gasteiger partial charge in [0.05, 0.1) is 20.2 Å². The van der Waals surface area contributed by atoms with E-state index in [1.807, 2.05) is 57.2 Å². The molecule has 0 aromatic heterocycles. The highest BCUT2D eigenvalue weighted by atomic mass is 16.6. The molecule has 0 spiro atoms. The van der Waals surface area contributed by atoms with E-state index in [9.17, 15) is 9.59 Å². The highest BCUT2D eigenvalue weighted by Crippen LogP contribution is 2.38. The summed E-state index contributed by atoms with van der Waals surface area (Å²) in [6.45, 7) is 11.3. The van der Waals surface area contributed by atoms with Gasteiger partial charge in [0.25, 0.3) is 5.91 Å². The molecule has 0 saturated carbocycles. The van der Waals surface area contributed by atoms with Crippen LogP contribution in [0.15, 0.2) is 48.5 Å². The molecule has 1 heterocycles. The van der Waals surface area contributed by atoms with Crippen LogP contribution in [0.2, 0.25) is 0 Å². The van der Waals surface area contributed by atoms with Crippen LogP contribution in [0.3, 0.4) is 0 Å². The van der Waals surface area contributed by atoms with E-state index < -0.39 is 23.3 Å². The first-order valence-electron chi connectivity index (χ1n) is 13.2. The van der Waals surface area contributed by atoms with E-state index in [1.54, 1.807) is 12.0 Å². The molecule has 202 valence electrons. The molecule has 2 aromatic carbocycles. The molecule has 0 aliphatic carbocycles. The lowest BCUT2D eigenvalue weighted by atomic mass is 9.82. The Labute approximate surface area is 221 Å². The lowest BCUT2D eigenvalue weighted by molar-refractivity contribution is -0.180. The fourth-order valence-electron chi connectivity index (χ4n) is 4.59. The van der Waals surface area contributed by atoms with Gasteiger partial charge in [-0.15, -0.1) is 0 Å². The van der Waals surface area contributed by atoms with Gasteiger partial charge in [0.2, 0.25) is 0 Å². The smallest absolute Gasteiger partial charge is 0.408 e. The van der Waals surface area contributed by atoms with Crippen molar-refractivity contribution in [2.75, 3.05) is 26.8 Å². The van der Waals surface area contributed by atoms with Gasteiger partial charge in [-0.1, -0.05) is 56.2 Å². The van der Waals surface area contributed by atoms with Crippen molar-refractivity contribution < 1.29 is 23.8 Å². The highest BCUT2D eigenvalue weighted by Gasteiger charge is 2.50. The number of hydrogen-bond acceptors (Lipinski definition) is 5. The van der Waals surface area contributed by atoms with Crippen molar-refractivity contribution in [2.45, 2.75) is 77.5 Å². The Morgan fingerprint density at radius 2 is 1.73 bits per heavy atom. The first kappa shape index (κ1) is 28.5. The van der Waals surface area contributed by atoms with Crippen LogP contribution >= 0.6 is 0 Å². The van der Waals surface area contributed by atoms with E-state index >= 15 is 0 Å². The molecule has 0 radical (unpaired) electrons. The fraction of sp³-hybridized carbons (Fsp3) is 0.533. The van der Waals surface area contributed by atoms with Gasteiger partial charge in [0.1, 0.15) is 11.4 Å². The van der Waals surface area contributed by atoms with Gasteiger partial charge in [0, 0.05) is 18.6 Å². The maximum absolute atomic E-state index is 13.7. The lowest BCUT2D eigenvalue weighted by Gasteiger charge is -2.51. The molecular formula is C30H42N2O5. The van der Waals surface area contributed by atoms with Crippen LogP contribution in [0, 0.1) is 6.92 Å². The number of carbonyl (C=O) groups excluding carboxylic acids is 2. The predicted octanol–water partition coefficient (Wildman–Crippen LogP) is 5.38. The topological polar surface area (TPSA) is 77.1 Å². The molecule has 1 fully saturated rings. The maximum Gasteiger partial charge on any atom is 0.408 e. The average molecular weight is 511 g/mol. The number of ether oxygens (including phenoxy) is 3. The van der Waals surface area contributed by atoms with Crippen molar-refractivity contribution in [3.05, 3.63) is 65.2 Å². The van der Waals surface area contributed by atoms with Gasteiger partial charge in [-0.3, -0.25) is 4.79 Å². The number of nitrogens with one attached hydrogen (secondary N) is 1. The lowest BCUT2D eigenvalue weighted by Crippen LogP contribution is -2.65. The summed E-state index contributed by atoms with van der Waals surface area (Å²) in [5.74, 6) is 0.505. The molecule has 1 N–H and O–H groups in total. The number of likely N-dealkylation sites (tertiary alicyclic amines) is 1. The van der Waals surface area contributed by atoms with Crippen LogP contribution in [0.5, 0.6) is 5.75 Å². The Bertz CT molecular complexity index is 1040. The molecule has 2 aromatic rings. The second-order valence-corrected chi connectivity index (χ2v) is 10.9. The van der Waals surface area contributed by atoms with Crippen molar-refractivity contribution in [3.63, 3.8) is 0 Å². The number of alkyl carbamates (subject to hydrolysis) is 1. The Hall–Kier alpha value is -3.06. The number of carbonyl (C=O) groups is 2. The summed E-state index contributed by atoms with van der Waals surface area (Å²) in [4.78, 5) is 28.1. The number of benzene rings is 2. The highest BCUT2D eigenvalue weighted by molar-refractivity contribution is 5.85. The molecular weight excluding hydrogens is 468 g/mol. The van der Waals surface area contributed by atoms with E-state index in [1.165, 1.54) is 0 Å². The molecule has 2 amide bonds. The van der Waals surface area contributed by atoms with Crippen LogP contribution < -0.4 is 10.1 Å². The van der Waals surface area contributed by atoms with E-state index in [-0.39, 0.29) is 12.3 Å². The summed E-state index contributed by atoms with van der Waals surface area (Å²) in [5.41, 5.74) is 2.10. The van der Waals surface area contributed by atoms with Crippen molar-refractivity contribution in [1.29, 1.82) is 0 Å². The summed E-state index contributed by atoms with van der Waals surface area (Å²) in [6.07, 6.45) is 1.91. The first-order valence-corrected chi connectivity index (χ1v) is 13.2. The summed E-state index contributed by atoms with van der Waals surface area (Å²) < 4.78 is 17.4. The molecule has 7 heteroatoms. The Kier molecular flexibility index (Phi) is 9.60. The van der Waals surface area contributed by atoms with E-state index in [0.29, 0.717) is 19.7 Å². The SMILES string of the molecule is CCCCCOC1(c2ccccc2C)CN(C(=O)[C@@H](Cc2ccc(OC)cc2)OC(=O)NC(C)(C)C)C1. The Morgan fingerprint density at radius 3 is 2.32 bits per heavy atom. The Morgan fingerprint density at radius 1 is 1.05 bits per heavy atom. The van der Waals surface area contributed by atoms with Crippen LogP contribution in [0.25, 0.3) is 0 Å². The molecule has 1 atom stereocenters. The first-order chi connectivity index (χ1) is 17.6. The third kappa shape index (κ3) is 7.71. The van der Waals surface area contributed by atoms with E-state index in [2.05, 4.69) is 31.3 Å². The zero-order valence-electron chi connectivity index (χ0n) is 23.1. The van der Waals surface area contributed by atoms with Crippen LogP contribution in [0.1, 0.15) is 63.6 Å². The number of nitrogens with zero attached hydrogens (tertiary/aromatic N) is 1. The quantitative estimate of drug-likeness (QED) is 0.411. The molecule has 37 heavy (non-hydrogen) atoms. The minimum absolute atomic E-state index is 0.221. The predicted molar refractivity (Wildman–Crippen MR) is 145 cm³/mol. The summed E-state index contributed by atoms with van der Waals surface area (Å²) in [6, 6.07) is 15.6. The van der Waals surface area contributed by atoms with Gasteiger partial charge in [-0.25, -0.2) is 4.79 Å². The van der Waals surface area contributed by atoms with Crippen molar-refractivity contribution in [3.8, 4) is 5.75 Å². The average Bonchev–Trinajstić information content (AvgIpc) is 2.82. The third-order valence-corrected chi connectivity index (χ3v) is 6.55. The van der Waals surface area contributed by atoms with Crippen LogP contribution in [0.4, 0.5) is 4.79 Å². The number of unbranched alkanes of at least 4 members (excludes halogenated alkanes) is 2. The van der Waals surface area contributed by atoms with Gasteiger partial charge in [0.15, 0.2) is 6.10 Å². The Balaban J connectivity index is 1.78. The normalized spacial score (nSPS) is 15.5. The van der Waals surface area contributed by atoms with Crippen molar-refractivity contribution >= 4 is 12.0 Å². The number of rotatable bonds is 11. The molecule has 7 nitrogen and oxygen atoms in total. The molecule has 1 aliphatic rings. The van der Waals surface area contributed by atoms with Gasteiger partial charge < -0.3 is 24.4 Å². The van der Waals surface area contributed by atoms with Gasteiger partial charge >= 0.3 is 6.09 Å². The third-order valence-electron chi connectivity index (χ3n) is 6.55. The zero-order chi connectivity index (χ0) is 27.1. The minimum Gasteiger partial charge on any atom is -0.497 e. The van der Waals surface area contributed by atoms with Crippen molar-refractivity contribution in [2.24, 2.45) is 0 Å². The zero-order valence-corrected chi connectivity index (χ0v) is 23.1. The van der Waals surface area contributed by atoms with E-state index in [4.69, 9.17) is 14.2 Å². The van der Waals surface area contributed by atoms with Crippen molar-refractivity contribution in [1.82, 2.24) is 10.2 Å². The number of aryl methyl sites for hydroxylation is 1. The summed E-state index contributed by atoms with van der Waals surface area (Å²) >= 11 is 0. The number of amides is 2.